The number of hydrogen-bond donors (Lipinski definition) is 1. The van der Waals surface area contributed by atoms with Crippen LogP contribution in [0.4, 0.5) is 5.82 Å². The van der Waals surface area contributed by atoms with Gasteiger partial charge in [0.25, 0.3) is 5.91 Å². The molecule has 25 heavy (non-hydrogen) atoms. The van der Waals surface area contributed by atoms with Crippen LogP contribution in [-0.2, 0) is 13.0 Å². The SMILES string of the molecule is CN(CCc1ccncc1)c1ccc(C(=O)NCc2ccco2)nn1. The Hall–Kier alpha value is -3.22. The van der Waals surface area contributed by atoms with Crippen LogP contribution in [0, 0.1) is 0 Å². The van der Waals surface area contributed by atoms with Crippen molar-refractivity contribution < 1.29 is 9.21 Å². The first-order chi connectivity index (χ1) is 12.2. The maximum atomic E-state index is 12.1. The zero-order valence-corrected chi connectivity index (χ0v) is 13.9. The number of nitrogens with one attached hydrogen (secondary N) is 1. The highest BCUT2D eigenvalue weighted by Gasteiger charge is 2.10. The van der Waals surface area contributed by atoms with E-state index in [2.05, 4.69) is 20.5 Å². The Balaban J connectivity index is 1.53. The number of carbonyl (C=O) groups excluding carboxylic acids is 1. The van der Waals surface area contributed by atoms with Gasteiger partial charge in [0.15, 0.2) is 11.5 Å². The zero-order valence-electron chi connectivity index (χ0n) is 13.9. The second-order valence-corrected chi connectivity index (χ2v) is 5.57. The normalized spacial score (nSPS) is 10.4. The summed E-state index contributed by atoms with van der Waals surface area (Å²) < 4.78 is 5.17. The molecule has 7 heteroatoms. The Labute approximate surface area is 145 Å². The summed E-state index contributed by atoms with van der Waals surface area (Å²) in [5.74, 6) is 1.13. The molecule has 0 spiro atoms. The van der Waals surface area contributed by atoms with Gasteiger partial charge in [0, 0.05) is 26.0 Å². The standard InChI is InChI=1S/C18H19N5O2/c1-23(11-8-14-6-9-19-10-7-14)17-5-4-16(21-22-17)18(24)20-13-15-3-2-12-25-15/h2-7,9-10,12H,8,11,13H2,1H3,(H,20,24). The number of amides is 1. The number of anilines is 1. The molecule has 0 atom stereocenters. The lowest BCUT2D eigenvalue weighted by atomic mass is 10.2. The molecule has 3 aromatic heterocycles. The van der Waals surface area contributed by atoms with Crippen molar-refractivity contribution in [1.29, 1.82) is 0 Å². The number of hydrogen-bond acceptors (Lipinski definition) is 6. The number of aromatic nitrogens is 3. The third-order valence-electron chi connectivity index (χ3n) is 3.76. The summed E-state index contributed by atoms with van der Waals surface area (Å²) >= 11 is 0. The zero-order chi connectivity index (χ0) is 17.5. The van der Waals surface area contributed by atoms with E-state index < -0.39 is 0 Å². The van der Waals surface area contributed by atoms with E-state index >= 15 is 0 Å². The molecule has 0 aliphatic carbocycles. The first-order valence-corrected chi connectivity index (χ1v) is 7.97. The van der Waals surface area contributed by atoms with Crippen LogP contribution in [0.2, 0.25) is 0 Å². The van der Waals surface area contributed by atoms with Crippen molar-refractivity contribution in [2.45, 2.75) is 13.0 Å². The first-order valence-electron chi connectivity index (χ1n) is 7.97. The summed E-state index contributed by atoms with van der Waals surface area (Å²) in [6.45, 7) is 1.11. The van der Waals surface area contributed by atoms with E-state index in [1.165, 1.54) is 5.56 Å². The highest BCUT2D eigenvalue weighted by Crippen LogP contribution is 2.09. The van der Waals surface area contributed by atoms with Crippen LogP contribution in [0.3, 0.4) is 0 Å². The summed E-state index contributed by atoms with van der Waals surface area (Å²) in [5, 5.41) is 10.9. The van der Waals surface area contributed by atoms with Gasteiger partial charge in [0.2, 0.25) is 0 Å². The van der Waals surface area contributed by atoms with Crippen molar-refractivity contribution in [3.8, 4) is 0 Å². The molecule has 128 valence electrons. The molecule has 3 heterocycles. The van der Waals surface area contributed by atoms with Gasteiger partial charge >= 0.3 is 0 Å². The number of pyridine rings is 1. The highest BCUT2D eigenvalue weighted by molar-refractivity contribution is 5.92. The molecule has 0 radical (unpaired) electrons. The molecule has 0 saturated heterocycles. The van der Waals surface area contributed by atoms with Crippen molar-refractivity contribution in [3.63, 3.8) is 0 Å². The minimum absolute atomic E-state index is 0.276. The fraction of sp³-hybridized carbons (Fsp3) is 0.222. The second kappa shape index (κ2) is 8.05. The Morgan fingerprint density at radius 3 is 2.68 bits per heavy atom. The predicted octanol–water partition coefficient (Wildman–Crippen LogP) is 2.07. The molecule has 7 nitrogen and oxygen atoms in total. The summed E-state index contributed by atoms with van der Waals surface area (Å²) in [6, 6.07) is 11.0. The lowest BCUT2D eigenvalue weighted by Crippen LogP contribution is -2.25. The lowest BCUT2D eigenvalue weighted by molar-refractivity contribution is 0.0942. The minimum atomic E-state index is -0.283. The first kappa shape index (κ1) is 16.6. The van der Waals surface area contributed by atoms with Crippen LogP contribution in [0.5, 0.6) is 0 Å². The topological polar surface area (TPSA) is 84.2 Å². The Bertz CT molecular complexity index is 788. The molecular weight excluding hydrogens is 318 g/mol. The van der Waals surface area contributed by atoms with Crippen LogP contribution >= 0.6 is 0 Å². The van der Waals surface area contributed by atoms with Crippen molar-refractivity contribution in [2.75, 3.05) is 18.5 Å². The molecule has 0 fully saturated rings. The van der Waals surface area contributed by atoms with E-state index in [0.717, 1.165) is 18.8 Å². The average Bonchev–Trinajstić information content (AvgIpc) is 3.19. The van der Waals surface area contributed by atoms with E-state index in [0.29, 0.717) is 12.3 Å². The van der Waals surface area contributed by atoms with Crippen molar-refractivity contribution in [3.05, 3.63) is 72.1 Å². The van der Waals surface area contributed by atoms with Crippen LogP contribution in [0.1, 0.15) is 21.8 Å². The molecule has 1 amide bonds. The van der Waals surface area contributed by atoms with E-state index in [4.69, 9.17) is 4.42 Å². The molecule has 0 saturated carbocycles. The Kier molecular flexibility index (Phi) is 5.36. The van der Waals surface area contributed by atoms with Crippen molar-refractivity contribution in [1.82, 2.24) is 20.5 Å². The van der Waals surface area contributed by atoms with Gasteiger partial charge in [0.05, 0.1) is 12.8 Å². The van der Waals surface area contributed by atoms with Gasteiger partial charge < -0.3 is 14.6 Å². The summed E-state index contributed by atoms with van der Waals surface area (Å²) in [6.07, 6.45) is 6.01. The number of likely N-dealkylation sites (N-methyl/N-ethyl adjacent to an activating group) is 1. The predicted molar refractivity (Wildman–Crippen MR) is 93.1 cm³/mol. The van der Waals surface area contributed by atoms with Gasteiger partial charge in [0.1, 0.15) is 5.76 Å². The molecule has 3 aromatic rings. The molecule has 0 aliphatic heterocycles. The molecule has 0 bridgehead atoms. The Morgan fingerprint density at radius 2 is 2.00 bits per heavy atom. The van der Waals surface area contributed by atoms with Crippen LogP contribution in [-0.4, -0.2) is 34.7 Å². The van der Waals surface area contributed by atoms with Gasteiger partial charge in [-0.15, -0.1) is 10.2 Å². The highest BCUT2D eigenvalue weighted by atomic mass is 16.3. The van der Waals surface area contributed by atoms with Gasteiger partial charge in [-0.2, -0.15) is 0 Å². The lowest BCUT2D eigenvalue weighted by Gasteiger charge is -2.17. The maximum Gasteiger partial charge on any atom is 0.272 e. The average molecular weight is 337 g/mol. The molecule has 1 N–H and O–H groups in total. The fourth-order valence-electron chi connectivity index (χ4n) is 2.28. The van der Waals surface area contributed by atoms with E-state index in [1.807, 2.05) is 24.1 Å². The van der Waals surface area contributed by atoms with Crippen molar-refractivity contribution in [2.24, 2.45) is 0 Å². The quantitative estimate of drug-likeness (QED) is 0.710. The molecule has 3 rings (SSSR count). The van der Waals surface area contributed by atoms with E-state index in [9.17, 15) is 4.79 Å². The fourth-order valence-corrected chi connectivity index (χ4v) is 2.28. The van der Waals surface area contributed by atoms with Gasteiger partial charge in [-0.25, -0.2) is 0 Å². The second-order valence-electron chi connectivity index (χ2n) is 5.57. The smallest absolute Gasteiger partial charge is 0.272 e. The number of carbonyl (C=O) groups is 1. The largest absolute Gasteiger partial charge is 0.467 e. The third-order valence-corrected chi connectivity index (χ3v) is 3.76. The maximum absolute atomic E-state index is 12.1. The Morgan fingerprint density at radius 1 is 1.16 bits per heavy atom. The van der Waals surface area contributed by atoms with Crippen LogP contribution in [0.15, 0.2) is 59.5 Å². The van der Waals surface area contributed by atoms with Gasteiger partial charge in [-0.1, -0.05) is 0 Å². The van der Waals surface area contributed by atoms with Crippen LogP contribution in [0.25, 0.3) is 0 Å². The number of furan rings is 1. The molecule has 0 unspecified atom stereocenters. The van der Waals surface area contributed by atoms with Crippen LogP contribution < -0.4 is 10.2 Å². The summed E-state index contributed by atoms with van der Waals surface area (Å²) in [4.78, 5) is 18.1. The van der Waals surface area contributed by atoms with Crippen molar-refractivity contribution >= 4 is 11.7 Å². The monoisotopic (exact) mass is 337 g/mol. The molecule has 0 aliphatic rings. The number of nitrogens with zero attached hydrogens (tertiary/aromatic N) is 4. The summed E-state index contributed by atoms with van der Waals surface area (Å²) in [7, 11) is 1.95. The van der Waals surface area contributed by atoms with E-state index in [-0.39, 0.29) is 11.6 Å². The van der Waals surface area contributed by atoms with Gasteiger partial charge in [-0.05, 0) is 48.4 Å². The summed E-state index contributed by atoms with van der Waals surface area (Å²) in [5.41, 5.74) is 1.49. The number of rotatable bonds is 7. The minimum Gasteiger partial charge on any atom is -0.467 e. The molecule has 0 aromatic carbocycles. The van der Waals surface area contributed by atoms with E-state index in [1.54, 1.807) is 42.9 Å². The molecular formula is C18H19N5O2. The van der Waals surface area contributed by atoms with Gasteiger partial charge in [-0.3, -0.25) is 9.78 Å². The third kappa shape index (κ3) is 4.63.